The van der Waals surface area contributed by atoms with E-state index in [4.69, 9.17) is 0 Å². The molecule has 1 heterocycles. The zero-order valence-electron chi connectivity index (χ0n) is 5.13. The molecule has 1 rings (SSSR count). The van der Waals surface area contributed by atoms with Gasteiger partial charge in [0.15, 0.2) is 0 Å². The van der Waals surface area contributed by atoms with Crippen LogP contribution in [0.15, 0.2) is 0 Å². The summed E-state index contributed by atoms with van der Waals surface area (Å²) in [5, 5.41) is 1.22. The van der Waals surface area contributed by atoms with Crippen molar-refractivity contribution in [3.63, 3.8) is 0 Å². The van der Waals surface area contributed by atoms with Crippen LogP contribution in [0.3, 0.4) is 0 Å². The van der Waals surface area contributed by atoms with Gasteiger partial charge in [0, 0.05) is 0 Å². The van der Waals surface area contributed by atoms with E-state index in [0.717, 1.165) is 0 Å². The molecule has 1 N–H and O–H groups in total. The lowest BCUT2D eigenvalue weighted by Gasteiger charge is -2.46. The second-order valence-electron chi connectivity index (χ2n) is 2.83. The Hall–Kier alpha value is -0.185. The molecule has 1 fully saturated rings. The van der Waals surface area contributed by atoms with Crippen molar-refractivity contribution in [1.82, 2.24) is 5.32 Å². The highest BCUT2D eigenvalue weighted by molar-refractivity contribution is 6.62. The Morgan fingerprint density at radius 2 is 1.78 bits per heavy atom. The Kier molecular flexibility index (Phi) is 1.27. The van der Waals surface area contributed by atoms with Gasteiger partial charge in [0.2, 0.25) is 0 Å². The highest BCUT2D eigenvalue weighted by Gasteiger charge is 2.49. The largest absolute Gasteiger partial charge is 0.486 e. The molecular weight excluding hydrogens is 130 g/mol. The molecule has 0 spiro atoms. The Bertz CT molecular complexity index is 117. The van der Waals surface area contributed by atoms with Crippen molar-refractivity contribution in [3.05, 3.63) is 0 Å². The molecule has 0 atom stereocenters. The van der Waals surface area contributed by atoms with Crippen LogP contribution in [0.25, 0.3) is 0 Å². The van der Waals surface area contributed by atoms with E-state index in [1.54, 1.807) is 0 Å². The smallest absolute Gasteiger partial charge is 0.448 e. The Morgan fingerprint density at radius 3 is 1.78 bits per heavy atom. The molecule has 0 radical (unpaired) electrons. The minimum absolute atomic E-state index is 0.0938. The molecule has 0 unspecified atom stereocenters. The van der Waals surface area contributed by atoms with Gasteiger partial charge in [-0.15, -0.1) is 0 Å². The topological polar surface area (TPSA) is 12.0 Å². The first-order valence-electron chi connectivity index (χ1n) is 2.86. The third-order valence-electron chi connectivity index (χ3n) is 1.85. The van der Waals surface area contributed by atoms with Crippen molar-refractivity contribution < 1.29 is 12.9 Å². The summed E-state index contributed by atoms with van der Waals surface area (Å²) in [6, 6.07) is 0. The van der Waals surface area contributed by atoms with Crippen LogP contribution in [0, 0.1) is 0 Å². The fraction of sp³-hybridized carbons (Fsp3) is 1.00. The minimum Gasteiger partial charge on any atom is -0.448 e. The minimum atomic E-state index is -4.63. The normalized spacial score (nSPS) is 25.3. The van der Waals surface area contributed by atoms with Gasteiger partial charge in [-0.2, -0.15) is 0 Å². The first-order chi connectivity index (χ1) is 3.96. The first kappa shape index (κ1) is 6.93. The van der Waals surface area contributed by atoms with Crippen molar-refractivity contribution in [3.8, 4) is 0 Å². The zero-order chi connectivity index (χ0) is 7.12. The fourth-order valence-electron chi connectivity index (χ4n) is 0.751. The van der Waals surface area contributed by atoms with E-state index in [0.29, 0.717) is 0 Å². The van der Waals surface area contributed by atoms with Gasteiger partial charge in [-0.3, -0.25) is 0 Å². The molecule has 54 valence electrons. The quantitative estimate of drug-likeness (QED) is 0.536. The van der Waals surface area contributed by atoms with Crippen LogP contribution in [-0.2, 0) is 0 Å². The summed E-state index contributed by atoms with van der Waals surface area (Å²) in [4.78, 5) is 0. The fourth-order valence-corrected chi connectivity index (χ4v) is 0.751. The summed E-state index contributed by atoms with van der Waals surface area (Å²) in [7, 11) is 0. The molecule has 0 aromatic heterocycles. The van der Waals surface area contributed by atoms with E-state index in [2.05, 4.69) is 5.32 Å². The zero-order valence-corrected chi connectivity index (χ0v) is 5.13. The highest BCUT2D eigenvalue weighted by atomic mass is 19.4. The van der Waals surface area contributed by atoms with Crippen molar-refractivity contribution in [1.29, 1.82) is 0 Å². The lowest BCUT2D eigenvalue weighted by molar-refractivity contribution is 0.284. The maximum atomic E-state index is 11.9. The van der Waals surface area contributed by atoms with E-state index < -0.39 is 12.3 Å². The van der Waals surface area contributed by atoms with Crippen LogP contribution in [0.5, 0.6) is 0 Å². The van der Waals surface area contributed by atoms with Gasteiger partial charge in [-0.05, 0) is 18.4 Å². The van der Waals surface area contributed by atoms with Gasteiger partial charge in [0.1, 0.15) is 0 Å². The van der Waals surface area contributed by atoms with Crippen LogP contribution in [0.2, 0.25) is 5.31 Å². The molecule has 9 heavy (non-hydrogen) atoms. The third kappa shape index (κ3) is 0.935. The average molecular weight is 138 g/mol. The molecule has 1 saturated heterocycles. The van der Waals surface area contributed by atoms with E-state index in [9.17, 15) is 12.9 Å². The van der Waals surface area contributed by atoms with Gasteiger partial charge >= 0.3 is 6.98 Å². The van der Waals surface area contributed by atoms with Crippen LogP contribution in [0.1, 0.15) is 6.92 Å². The average Bonchev–Trinajstić information content (AvgIpc) is 1.57. The molecule has 5 heteroatoms. The van der Waals surface area contributed by atoms with Crippen molar-refractivity contribution in [2.75, 3.05) is 13.1 Å². The number of nitrogens with one attached hydrogen (secondary N) is 1. The number of rotatable bonds is 1. The molecule has 0 saturated carbocycles. The van der Waals surface area contributed by atoms with Crippen LogP contribution < -0.4 is 5.32 Å². The van der Waals surface area contributed by atoms with E-state index in [-0.39, 0.29) is 13.1 Å². The maximum absolute atomic E-state index is 11.9. The molecular formula is C4H8BF3N-. The van der Waals surface area contributed by atoms with Crippen molar-refractivity contribution >= 4 is 6.98 Å². The molecule has 1 aliphatic heterocycles. The number of halogens is 3. The number of hydrogen-bond donors (Lipinski definition) is 1. The van der Waals surface area contributed by atoms with E-state index in [1.165, 1.54) is 6.92 Å². The van der Waals surface area contributed by atoms with Crippen molar-refractivity contribution in [2.24, 2.45) is 0 Å². The van der Waals surface area contributed by atoms with Crippen molar-refractivity contribution in [2.45, 2.75) is 12.2 Å². The predicted octanol–water partition coefficient (Wildman–Crippen LogP) is 1.20. The summed E-state index contributed by atoms with van der Waals surface area (Å²) < 4.78 is 35.7. The molecule has 0 aromatic rings. The summed E-state index contributed by atoms with van der Waals surface area (Å²) in [6.07, 6.45) is 0. The third-order valence-corrected chi connectivity index (χ3v) is 1.85. The molecule has 0 aromatic carbocycles. The van der Waals surface area contributed by atoms with Gasteiger partial charge in [-0.1, -0.05) is 6.92 Å². The standard InChI is InChI=1S/C4H8BF3N/c1-4(2-9-3-4)5(6,7)8/h9H,2-3H2,1H3/q-1. The van der Waals surface area contributed by atoms with Crippen LogP contribution >= 0.6 is 0 Å². The SMILES string of the molecule is CC1([B-](F)(F)F)CNC1. The highest BCUT2D eigenvalue weighted by Crippen LogP contribution is 2.43. The summed E-state index contributed by atoms with van der Waals surface area (Å²) >= 11 is 0. The van der Waals surface area contributed by atoms with Crippen LogP contribution in [-0.4, -0.2) is 20.1 Å². The Balaban J connectivity index is 2.59. The summed E-state index contributed by atoms with van der Waals surface area (Å²) in [6.45, 7) is -3.19. The van der Waals surface area contributed by atoms with E-state index in [1.807, 2.05) is 0 Å². The monoisotopic (exact) mass is 138 g/mol. The van der Waals surface area contributed by atoms with Gasteiger partial charge < -0.3 is 18.3 Å². The Morgan fingerprint density at radius 1 is 1.33 bits per heavy atom. The maximum Gasteiger partial charge on any atom is 0.486 e. The van der Waals surface area contributed by atoms with Gasteiger partial charge in [-0.25, -0.2) is 0 Å². The second kappa shape index (κ2) is 1.65. The molecule has 0 bridgehead atoms. The Labute approximate surface area is 51.7 Å². The predicted molar refractivity (Wildman–Crippen MR) is 30.3 cm³/mol. The van der Waals surface area contributed by atoms with Crippen LogP contribution in [0.4, 0.5) is 12.9 Å². The van der Waals surface area contributed by atoms with E-state index >= 15 is 0 Å². The molecule has 1 aliphatic rings. The lowest BCUT2D eigenvalue weighted by Crippen LogP contribution is -2.56. The first-order valence-corrected chi connectivity index (χ1v) is 2.86. The molecule has 0 aliphatic carbocycles. The second-order valence-corrected chi connectivity index (χ2v) is 2.83. The molecule has 1 nitrogen and oxygen atoms in total. The lowest BCUT2D eigenvalue weighted by atomic mass is 9.55. The summed E-state index contributed by atoms with van der Waals surface area (Å²) in [5.74, 6) is 0. The summed E-state index contributed by atoms with van der Waals surface area (Å²) in [5.41, 5.74) is 0. The van der Waals surface area contributed by atoms with Gasteiger partial charge in [0.05, 0.1) is 0 Å². The molecule has 0 amide bonds. The number of hydrogen-bond acceptors (Lipinski definition) is 1. The van der Waals surface area contributed by atoms with Gasteiger partial charge in [0.25, 0.3) is 0 Å².